The van der Waals surface area contributed by atoms with Crippen LogP contribution in [0.5, 0.6) is 0 Å². The molecule has 118 valence electrons. The lowest BCUT2D eigenvalue weighted by atomic mass is 10.1. The van der Waals surface area contributed by atoms with Crippen molar-refractivity contribution in [3.8, 4) is 0 Å². The first-order chi connectivity index (χ1) is 11.2. The van der Waals surface area contributed by atoms with E-state index in [1.807, 2.05) is 30.3 Å². The van der Waals surface area contributed by atoms with E-state index in [1.54, 1.807) is 18.2 Å². The maximum absolute atomic E-state index is 12.1. The molecule has 0 spiro atoms. The van der Waals surface area contributed by atoms with Crippen LogP contribution in [0, 0.1) is 0 Å². The van der Waals surface area contributed by atoms with Crippen LogP contribution in [0.15, 0.2) is 48.5 Å². The van der Waals surface area contributed by atoms with Gasteiger partial charge in [0.2, 0.25) is 0 Å². The van der Waals surface area contributed by atoms with Crippen LogP contribution in [0.3, 0.4) is 0 Å². The van der Waals surface area contributed by atoms with Gasteiger partial charge in [0, 0.05) is 12.6 Å². The second-order valence-corrected chi connectivity index (χ2v) is 5.65. The van der Waals surface area contributed by atoms with E-state index in [-0.39, 0.29) is 29.2 Å². The number of nitrogens with one attached hydrogen (secondary N) is 2. The molecule has 0 saturated heterocycles. The van der Waals surface area contributed by atoms with Gasteiger partial charge in [-0.3, -0.25) is 9.59 Å². The fraction of sp³-hybridized carbons (Fsp3) is 0.278. The average Bonchev–Trinajstić information content (AvgIpc) is 3.40. The molecule has 1 aliphatic rings. The molecule has 1 aliphatic carbocycles. The summed E-state index contributed by atoms with van der Waals surface area (Å²) in [6, 6.07) is 15.1. The molecule has 1 saturated carbocycles. The van der Waals surface area contributed by atoms with Crippen LogP contribution in [-0.4, -0.2) is 29.4 Å². The minimum Gasteiger partial charge on any atom is -0.350 e. The molecule has 3 rings (SSSR count). The fourth-order valence-electron chi connectivity index (χ4n) is 2.23. The Labute approximate surface area is 135 Å². The molecule has 23 heavy (non-hydrogen) atoms. The zero-order valence-corrected chi connectivity index (χ0v) is 12.8. The van der Waals surface area contributed by atoms with Crippen molar-refractivity contribution in [1.82, 2.24) is 15.6 Å². The van der Waals surface area contributed by atoms with Crippen LogP contribution in [0.2, 0.25) is 0 Å². The van der Waals surface area contributed by atoms with Gasteiger partial charge in [0.1, 0.15) is 11.4 Å². The van der Waals surface area contributed by atoms with Crippen molar-refractivity contribution >= 4 is 11.8 Å². The Morgan fingerprint density at radius 3 is 2.35 bits per heavy atom. The quantitative estimate of drug-likeness (QED) is 0.857. The van der Waals surface area contributed by atoms with E-state index in [0.717, 1.165) is 19.3 Å². The summed E-state index contributed by atoms with van der Waals surface area (Å²) in [5.74, 6) is -0.478. The number of amides is 2. The smallest absolute Gasteiger partial charge is 0.270 e. The highest BCUT2D eigenvalue weighted by molar-refractivity contribution is 5.96. The lowest BCUT2D eigenvalue weighted by Gasteiger charge is -2.07. The van der Waals surface area contributed by atoms with Crippen LogP contribution in [0.1, 0.15) is 39.4 Å². The molecule has 1 heterocycles. The van der Waals surface area contributed by atoms with E-state index in [0.29, 0.717) is 6.54 Å². The predicted octanol–water partition coefficient (Wildman–Crippen LogP) is 1.95. The Balaban J connectivity index is 1.55. The van der Waals surface area contributed by atoms with Crippen molar-refractivity contribution in [3.05, 3.63) is 65.5 Å². The largest absolute Gasteiger partial charge is 0.350 e. The number of nitrogens with zero attached hydrogens (tertiary/aromatic N) is 1. The third kappa shape index (κ3) is 4.39. The van der Waals surface area contributed by atoms with Gasteiger partial charge in [-0.05, 0) is 37.0 Å². The SMILES string of the molecule is O=C(NCCc1ccccc1)c1cccc(C(=O)NC2CC2)n1. The third-order valence-corrected chi connectivity index (χ3v) is 3.67. The highest BCUT2D eigenvalue weighted by atomic mass is 16.2. The van der Waals surface area contributed by atoms with E-state index in [1.165, 1.54) is 5.56 Å². The molecule has 2 N–H and O–H groups in total. The Kier molecular flexibility index (Phi) is 4.66. The second-order valence-electron chi connectivity index (χ2n) is 5.65. The van der Waals surface area contributed by atoms with Crippen LogP contribution >= 0.6 is 0 Å². The summed E-state index contributed by atoms with van der Waals surface area (Å²) in [6.07, 6.45) is 2.80. The van der Waals surface area contributed by atoms with Gasteiger partial charge in [0.25, 0.3) is 11.8 Å². The van der Waals surface area contributed by atoms with Gasteiger partial charge in [-0.25, -0.2) is 4.98 Å². The number of carbonyl (C=O) groups excluding carboxylic acids is 2. The van der Waals surface area contributed by atoms with Crippen LogP contribution in [0.25, 0.3) is 0 Å². The molecule has 1 fully saturated rings. The van der Waals surface area contributed by atoms with Gasteiger partial charge < -0.3 is 10.6 Å². The number of pyridine rings is 1. The Hall–Kier alpha value is -2.69. The Bertz CT molecular complexity index is 696. The zero-order valence-electron chi connectivity index (χ0n) is 12.8. The second kappa shape index (κ2) is 7.05. The summed E-state index contributed by atoms with van der Waals surface area (Å²) in [5, 5.41) is 5.70. The summed E-state index contributed by atoms with van der Waals surface area (Å²) in [7, 11) is 0. The molecule has 0 aliphatic heterocycles. The predicted molar refractivity (Wildman–Crippen MR) is 87.2 cm³/mol. The molecular formula is C18H19N3O2. The van der Waals surface area contributed by atoms with Crippen molar-refractivity contribution in [2.75, 3.05) is 6.54 Å². The van der Waals surface area contributed by atoms with Gasteiger partial charge in [-0.2, -0.15) is 0 Å². The number of hydrogen-bond donors (Lipinski definition) is 2. The van der Waals surface area contributed by atoms with E-state index in [2.05, 4.69) is 15.6 Å². The van der Waals surface area contributed by atoms with Crippen molar-refractivity contribution in [3.63, 3.8) is 0 Å². The molecule has 5 nitrogen and oxygen atoms in total. The molecule has 0 radical (unpaired) electrons. The van der Waals surface area contributed by atoms with E-state index in [4.69, 9.17) is 0 Å². The standard InChI is InChI=1S/C18H19N3O2/c22-17(19-12-11-13-5-2-1-3-6-13)15-7-4-8-16(21-15)18(23)20-14-9-10-14/h1-8,14H,9-12H2,(H,19,22)(H,20,23). The molecule has 0 unspecified atom stereocenters. The lowest BCUT2D eigenvalue weighted by Crippen LogP contribution is -2.29. The Morgan fingerprint density at radius 1 is 0.957 bits per heavy atom. The van der Waals surface area contributed by atoms with Crippen molar-refractivity contribution in [2.24, 2.45) is 0 Å². The first kappa shape index (κ1) is 15.2. The summed E-state index contributed by atoms with van der Waals surface area (Å²) >= 11 is 0. The van der Waals surface area contributed by atoms with E-state index in [9.17, 15) is 9.59 Å². The van der Waals surface area contributed by atoms with Crippen LogP contribution in [0.4, 0.5) is 0 Å². The van der Waals surface area contributed by atoms with Crippen LogP contribution in [-0.2, 0) is 6.42 Å². The topological polar surface area (TPSA) is 71.1 Å². The summed E-state index contributed by atoms with van der Waals surface area (Å²) < 4.78 is 0. The van der Waals surface area contributed by atoms with Gasteiger partial charge in [-0.1, -0.05) is 36.4 Å². The summed E-state index contributed by atoms with van der Waals surface area (Å²) in [6.45, 7) is 0.531. The maximum Gasteiger partial charge on any atom is 0.270 e. The van der Waals surface area contributed by atoms with Crippen molar-refractivity contribution < 1.29 is 9.59 Å². The summed E-state index contributed by atoms with van der Waals surface area (Å²) in [5.41, 5.74) is 1.72. The number of rotatable bonds is 6. The van der Waals surface area contributed by atoms with Gasteiger partial charge in [0.05, 0.1) is 0 Å². The van der Waals surface area contributed by atoms with E-state index >= 15 is 0 Å². The van der Waals surface area contributed by atoms with Gasteiger partial charge in [-0.15, -0.1) is 0 Å². The molecule has 1 aromatic carbocycles. The van der Waals surface area contributed by atoms with Crippen molar-refractivity contribution in [1.29, 1.82) is 0 Å². The number of carbonyl (C=O) groups is 2. The zero-order chi connectivity index (χ0) is 16.1. The molecule has 1 aromatic heterocycles. The molecular weight excluding hydrogens is 290 g/mol. The molecule has 0 bridgehead atoms. The van der Waals surface area contributed by atoms with E-state index < -0.39 is 0 Å². The van der Waals surface area contributed by atoms with Crippen LogP contribution < -0.4 is 10.6 Å². The van der Waals surface area contributed by atoms with Gasteiger partial charge >= 0.3 is 0 Å². The van der Waals surface area contributed by atoms with Gasteiger partial charge in [0.15, 0.2) is 0 Å². The van der Waals surface area contributed by atoms with Crippen molar-refractivity contribution in [2.45, 2.75) is 25.3 Å². The normalized spacial score (nSPS) is 13.4. The third-order valence-electron chi connectivity index (χ3n) is 3.67. The lowest BCUT2D eigenvalue weighted by molar-refractivity contribution is 0.0943. The molecule has 0 atom stereocenters. The monoisotopic (exact) mass is 309 g/mol. The maximum atomic E-state index is 12.1. The number of aromatic nitrogens is 1. The molecule has 2 aromatic rings. The first-order valence-corrected chi connectivity index (χ1v) is 7.82. The number of hydrogen-bond acceptors (Lipinski definition) is 3. The minimum absolute atomic E-state index is 0.216. The highest BCUT2D eigenvalue weighted by Gasteiger charge is 2.24. The first-order valence-electron chi connectivity index (χ1n) is 7.82. The minimum atomic E-state index is -0.262. The molecule has 5 heteroatoms. The number of benzene rings is 1. The fourth-order valence-corrected chi connectivity index (χ4v) is 2.23. The Morgan fingerprint density at radius 2 is 1.65 bits per heavy atom. The average molecular weight is 309 g/mol. The summed E-state index contributed by atoms with van der Waals surface area (Å²) in [4.78, 5) is 28.3. The molecule has 2 amide bonds. The highest BCUT2D eigenvalue weighted by Crippen LogP contribution is 2.19.